The van der Waals surface area contributed by atoms with E-state index < -0.39 is 41.5 Å². The van der Waals surface area contributed by atoms with E-state index in [0.29, 0.717) is 12.8 Å². The van der Waals surface area contributed by atoms with Crippen LogP contribution in [0.4, 0.5) is 4.79 Å². The van der Waals surface area contributed by atoms with Gasteiger partial charge in [0.05, 0.1) is 7.11 Å². The highest BCUT2D eigenvalue weighted by Crippen LogP contribution is 2.32. The van der Waals surface area contributed by atoms with Crippen LogP contribution in [0.15, 0.2) is 30.3 Å². The topological polar surface area (TPSA) is 123 Å². The number of benzene rings is 1. The summed E-state index contributed by atoms with van der Waals surface area (Å²) in [5.41, 5.74) is -0.270. The third-order valence-corrected chi connectivity index (χ3v) is 4.85. The maximum atomic E-state index is 12.6. The van der Waals surface area contributed by atoms with Crippen molar-refractivity contribution >= 4 is 23.9 Å². The van der Waals surface area contributed by atoms with Gasteiger partial charge in [-0.25, -0.2) is 9.59 Å². The van der Waals surface area contributed by atoms with E-state index in [1.165, 1.54) is 21.0 Å². The quantitative estimate of drug-likeness (QED) is 0.555. The van der Waals surface area contributed by atoms with Crippen LogP contribution in [0.2, 0.25) is 0 Å². The van der Waals surface area contributed by atoms with Crippen molar-refractivity contribution in [1.29, 1.82) is 0 Å². The minimum absolute atomic E-state index is 0.0821. The molecular weight excluding hydrogens is 378 g/mol. The molecule has 1 fully saturated rings. The molecule has 9 heteroatoms. The Morgan fingerprint density at radius 2 is 1.69 bits per heavy atom. The number of nitrogens with one attached hydrogen (secondary N) is 3. The highest BCUT2D eigenvalue weighted by molar-refractivity contribution is 5.96. The van der Waals surface area contributed by atoms with Crippen LogP contribution in [-0.2, 0) is 30.5 Å². The van der Waals surface area contributed by atoms with Gasteiger partial charge in [0.15, 0.2) is 0 Å². The van der Waals surface area contributed by atoms with Gasteiger partial charge in [0.2, 0.25) is 11.8 Å². The molecule has 2 atom stereocenters. The van der Waals surface area contributed by atoms with E-state index in [4.69, 9.17) is 4.74 Å². The summed E-state index contributed by atoms with van der Waals surface area (Å²) in [6.07, 6.45) is 0.928. The van der Waals surface area contributed by atoms with Crippen molar-refractivity contribution in [2.45, 2.75) is 57.3 Å². The Morgan fingerprint density at radius 3 is 2.24 bits per heavy atom. The van der Waals surface area contributed by atoms with Gasteiger partial charge in [-0.2, -0.15) is 0 Å². The Hall–Kier alpha value is -3.10. The molecule has 0 unspecified atom stereocenters. The predicted octanol–water partition coefficient (Wildman–Crippen LogP) is 1.02. The Bertz CT molecular complexity index is 748. The van der Waals surface area contributed by atoms with Gasteiger partial charge in [-0.15, -0.1) is 0 Å². The van der Waals surface area contributed by atoms with Crippen molar-refractivity contribution in [2.24, 2.45) is 0 Å². The van der Waals surface area contributed by atoms with Gasteiger partial charge in [0, 0.05) is 0 Å². The summed E-state index contributed by atoms with van der Waals surface area (Å²) in [4.78, 5) is 48.5. The molecular formula is C20H27N3O6. The maximum absolute atomic E-state index is 12.6. The first-order valence-corrected chi connectivity index (χ1v) is 9.45. The molecule has 1 aliphatic rings. The zero-order chi connectivity index (χ0) is 21.4. The first-order valence-electron chi connectivity index (χ1n) is 9.45. The van der Waals surface area contributed by atoms with Gasteiger partial charge in [0.1, 0.15) is 24.2 Å². The van der Waals surface area contributed by atoms with Crippen LogP contribution < -0.4 is 16.0 Å². The summed E-state index contributed by atoms with van der Waals surface area (Å²) < 4.78 is 9.69. The second-order valence-electron chi connectivity index (χ2n) is 7.07. The van der Waals surface area contributed by atoms with Crippen molar-refractivity contribution in [3.63, 3.8) is 0 Å². The van der Waals surface area contributed by atoms with Gasteiger partial charge in [-0.1, -0.05) is 30.3 Å². The van der Waals surface area contributed by atoms with Crippen LogP contribution in [0.5, 0.6) is 0 Å². The summed E-state index contributed by atoms with van der Waals surface area (Å²) in [5.74, 6) is -1.54. The number of amides is 3. The normalized spacial score (nSPS) is 16.4. The van der Waals surface area contributed by atoms with Gasteiger partial charge in [-0.3, -0.25) is 9.59 Å². The number of hydrogen-bond acceptors (Lipinski definition) is 6. The minimum Gasteiger partial charge on any atom is -0.467 e. The van der Waals surface area contributed by atoms with Gasteiger partial charge >= 0.3 is 12.1 Å². The Balaban J connectivity index is 1.85. The molecule has 2 rings (SSSR count). The fourth-order valence-corrected chi connectivity index (χ4v) is 2.86. The molecule has 0 radical (unpaired) electrons. The van der Waals surface area contributed by atoms with Crippen molar-refractivity contribution in [2.75, 3.05) is 7.11 Å². The molecule has 0 aromatic heterocycles. The fourth-order valence-electron chi connectivity index (χ4n) is 2.86. The first-order chi connectivity index (χ1) is 13.8. The molecule has 1 aromatic carbocycles. The zero-order valence-corrected chi connectivity index (χ0v) is 16.8. The second kappa shape index (κ2) is 9.90. The third-order valence-electron chi connectivity index (χ3n) is 4.85. The molecule has 0 aliphatic heterocycles. The molecule has 0 spiro atoms. The molecule has 3 N–H and O–H groups in total. The largest absolute Gasteiger partial charge is 0.467 e. The van der Waals surface area contributed by atoms with E-state index >= 15 is 0 Å². The number of methoxy groups -OCH3 is 1. The van der Waals surface area contributed by atoms with Crippen LogP contribution in [0, 0.1) is 0 Å². The molecule has 9 nitrogen and oxygen atoms in total. The Kier molecular flexibility index (Phi) is 7.58. The van der Waals surface area contributed by atoms with Gasteiger partial charge in [0.25, 0.3) is 0 Å². The average Bonchev–Trinajstić information content (AvgIpc) is 2.68. The van der Waals surface area contributed by atoms with Gasteiger partial charge < -0.3 is 25.4 Å². The molecule has 0 bridgehead atoms. The highest BCUT2D eigenvalue weighted by atomic mass is 16.5. The van der Waals surface area contributed by atoms with E-state index in [0.717, 1.165) is 12.0 Å². The van der Waals surface area contributed by atoms with E-state index in [9.17, 15) is 19.2 Å². The molecule has 1 aliphatic carbocycles. The number of alkyl carbamates (subject to hydrolysis) is 1. The molecule has 29 heavy (non-hydrogen) atoms. The number of carbonyl (C=O) groups is 4. The lowest BCUT2D eigenvalue weighted by atomic mass is 9.75. The van der Waals surface area contributed by atoms with Crippen LogP contribution >= 0.6 is 0 Å². The van der Waals surface area contributed by atoms with E-state index in [-0.39, 0.29) is 6.61 Å². The molecule has 3 amide bonds. The minimum atomic E-state index is -1.09. The van der Waals surface area contributed by atoms with Gasteiger partial charge in [-0.05, 0) is 38.7 Å². The predicted molar refractivity (Wildman–Crippen MR) is 104 cm³/mol. The summed E-state index contributed by atoms with van der Waals surface area (Å²) in [7, 11) is 1.23. The molecule has 0 saturated heterocycles. The number of carbonyl (C=O) groups excluding carboxylic acids is 4. The maximum Gasteiger partial charge on any atom is 0.408 e. The van der Waals surface area contributed by atoms with Crippen LogP contribution in [0.3, 0.4) is 0 Å². The van der Waals surface area contributed by atoms with Crippen LogP contribution in [-0.4, -0.2) is 48.6 Å². The Labute approximate surface area is 169 Å². The lowest BCUT2D eigenvalue weighted by Crippen LogP contribution is -2.66. The Morgan fingerprint density at radius 1 is 1.03 bits per heavy atom. The molecule has 1 aromatic rings. The summed E-state index contributed by atoms with van der Waals surface area (Å²) in [6, 6.07) is 7.42. The smallest absolute Gasteiger partial charge is 0.408 e. The van der Waals surface area contributed by atoms with E-state index in [1.54, 1.807) is 0 Å². The average molecular weight is 405 g/mol. The highest BCUT2D eigenvalue weighted by Gasteiger charge is 2.46. The first kappa shape index (κ1) is 22.2. The standard InChI is InChI=1S/C20H27N3O6/c1-13(22-19(27)29-12-15-8-5-4-6-9-15)16(24)23-20(10-7-11-20)18(26)21-14(2)17(25)28-3/h4-6,8-9,13-14H,7,10-12H2,1-3H3,(H,21,26)(H,22,27)(H,23,24)/t13-,14-/m0/s1. The third kappa shape index (κ3) is 5.94. The summed E-state index contributed by atoms with van der Waals surface area (Å²) >= 11 is 0. The van der Waals surface area contributed by atoms with E-state index in [1.807, 2.05) is 30.3 Å². The zero-order valence-electron chi connectivity index (χ0n) is 16.8. The summed E-state index contributed by atoms with van der Waals surface area (Å²) in [6.45, 7) is 3.09. The molecule has 158 valence electrons. The number of rotatable bonds is 8. The molecule has 0 heterocycles. The van der Waals surface area contributed by atoms with E-state index in [2.05, 4.69) is 20.7 Å². The van der Waals surface area contributed by atoms with Crippen LogP contribution in [0.1, 0.15) is 38.7 Å². The molecule has 1 saturated carbocycles. The van der Waals surface area contributed by atoms with Crippen LogP contribution in [0.25, 0.3) is 0 Å². The van der Waals surface area contributed by atoms with Crippen molar-refractivity contribution in [3.8, 4) is 0 Å². The lowest BCUT2D eigenvalue weighted by molar-refractivity contribution is -0.146. The van der Waals surface area contributed by atoms with Crippen molar-refractivity contribution in [1.82, 2.24) is 16.0 Å². The monoisotopic (exact) mass is 405 g/mol. The number of ether oxygens (including phenoxy) is 2. The second-order valence-corrected chi connectivity index (χ2v) is 7.07. The van der Waals surface area contributed by atoms with Crippen molar-refractivity contribution < 1.29 is 28.7 Å². The number of esters is 1. The van der Waals surface area contributed by atoms with Crippen molar-refractivity contribution in [3.05, 3.63) is 35.9 Å². The number of hydrogen-bond donors (Lipinski definition) is 3. The summed E-state index contributed by atoms with van der Waals surface area (Å²) in [5, 5.41) is 7.70. The SMILES string of the molecule is COC(=O)[C@H](C)NC(=O)C1(NC(=O)[C@H](C)NC(=O)OCc2ccccc2)CCC1. The lowest BCUT2D eigenvalue weighted by Gasteiger charge is -2.41. The fraction of sp³-hybridized carbons (Fsp3) is 0.500.